The Morgan fingerprint density at radius 1 is 1.20 bits per heavy atom. The van der Waals surface area contributed by atoms with E-state index >= 15 is 0 Å². The zero-order valence-corrected chi connectivity index (χ0v) is 26.2. The molecule has 3 heterocycles. The molecule has 0 spiro atoms. The number of carbonyl (C=O) groups is 1. The maximum Gasteiger partial charge on any atom is 0.294 e. The van der Waals surface area contributed by atoms with Crippen LogP contribution >= 0.6 is 25.1 Å². The minimum atomic E-state index is -4.00. The van der Waals surface area contributed by atoms with E-state index < -0.39 is 27.9 Å². The summed E-state index contributed by atoms with van der Waals surface area (Å²) < 4.78 is 50.0. The Morgan fingerprint density at radius 3 is 2.52 bits per heavy atom. The van der Waals surface area contributed by atoms with Crippen molar-refractivity contribution in [3.05, 3.63) is 94.9 Å². The molecule has 2 aromatic heterocycles. The number of aryl methyl sites for hydroxylation is 1. The van der Waals surface area contributed by atoms with Gasteiger partial charge in [-0.2, -0.15) is 26.9 Å². The molecule has 1 fully saturated rings. The van der Waals surface area contributed by atoms with E-state index in [-0.39, 0.29) is 41.7 Å². The normalized spacial score (nSPS) is 14.0. The van der Waals surface area contributed by atoms with Gasteiger partial charge in [-0.05, 0) is 55.7 Å². The van der Waals surface area contributed by atoms with Crippen LogP contribution < -0.4 is 16.4 Å². The van der Waals surface area contributed by atoms with E-state index in [4.69, 9.17) is 26.6 Å². The largest absolute Gasteiger partial charge is 0.381 e. The number of nitrogens with zero attached hydrogens (tertiary/aromatic N) is 4. The van der Waals surface area contributed by atoms with Gasteiger partial charge < -0.3 is 21.1 Å². The molecule has 0 unspecified atom stereocenters. The van der Waals surface area contributed by atoms with E-state index in [0.29, 0.717) is 30.5 Å². The Hall–Kier alpha value is -3.60. The van der Waals surface area contributed by atoms with Gasteiger partial charge in [-0.3, -0.25) is 13.9 Å². The van der Waals surface area contributed by atoms with Gasteiger partial charge in [0.15, 0.2) is 0 Å². The summed E-state index contributed by atoms with van der Waals surface area (Å²) in [5.41, 5.74) is 7.28. The molecule has 16 heteroatoms. The lowest BCUT2D eigenvalue weighted by atomic mass is 10.1. The van der Waals surface area contributed by atoms with Crippen LogP contribution in [0.1, 0.15) is 40.5 Å². The van der Waals surface area contributed by atoms with E-state index in [9.17, 15) is 17.6 Å². The number of aromatic nitrogens is 4. The lowest BCUT2D eigenvalue weighted by Gasteiger charge is -2.23. The maximum absolute atomic E-state index is 13.7. The predicted octanol–water partition coefficient (Wildman–Crippen LogP) is 3.83. The Labute approximate surface area is 266 Å². The van der Waals surface area contributed by atoms with Crippen LogP contribution in [0.2, 0.25) is 5.02 Å². The van der Waals surface area contributed by atoms with Crippen LogP contribution in [-0.4, -0.2) is 64.2 Å². The van der Waals surface area contributed by atoms with Crippen molar-refractivity contribution in [1.82, 2.24) is 24.8 Å². The Balaban J connectivity index is 0.000000410. The number of imidazole rings is 1. The second-order valence-electron chi connectivity index (χ2n) is 9.65. The van der Waals surface area contributed by atoms with Crippen LogP contribution in [0.15, 0.2) is 72.1 Å². The number of nitrogens with two attached hydrogens (primary N) is 1. The van der Waals surface area contributed by atoms with Crippen molar-refractivity contribution in [2.24, 2.45) is 5.73 Å². The quantitative estimate of drug-likeness (QED) is 0.203. The third-order valence-corrected chi connectivity index (χ3v) is 7.51. The lowest BCUT2D eigenvalue weighted by molar-refractivity contribution is 0.0903. The predicted molar refractivity (Wildman–Crippen MR) is 169 cm³/mol. The van der Waals surface area contributed by atoms with Gasteiger partial charge in [0, 0.05) is 48.8 Å². The summed E-state index contributed by atoms with van der Waals surface area (Å²) in [7, 11) is -4.00. The lowest BCUT2D eigenvalue weighted by Crippen LogP contribution is -2.33. The smallest absolute Gasteiger partial charge is 0.294 e. The first-order chi connectivity index (χ1) is 20.5. The van der Waals surface area contributed by atoms with Crippen molar-refractivity contribution in [1.29, 1.82) is 0 Å². The van der Waals surface area contributed by atoms with E-state index in [1.54, 1.807) is 41.2 Å². The highest BCUT2D eigenvalue weighted by molar-refractivity contribution is 7.85. The maximum atomic E-state index is 13.7. The third-order valence-electron chi connectivity index (χ3n) is 6.43. The molecule has 0 saturated carbocycles. The number of benzene rings is 2. The standard InChI is InChI=1S/C22H25ClFN7O2.C6H6O3S.H2S/c1-13-10-26-22(28-17-2-4-33-5-3-17)30-20(13)31-11-19(27-12-31)21(32)29-18(9-25)14-6-15(23)8-16(24)7-14;7-10(8,9)6-4-2-1-3-5-6;/h6-8,10-12,17-18H,2-5,9,25H2,1H3,(H,29,32)(H,26,28,30);1-5H,(H,7,8,9);1H2/t18-;;/m1../s1. The number of amides is 1. The summed E-state index contributed by atoms with van der Waals surface area (Å²) in [5, 5.41) is 6.34. The van der Waals surface area contributed by atoms with Crippen LogP contribution in [0.5, 0.6) is 0 Å². The molecular weight excluding hydrogens is 633 g/mol. The van der Waals surface area contributed by atoms with Gasteiger partial charge in [-0.15, -0.1) is 0 Å². The van der Waals surface area contributed by atoms with Crippen molar-refractivity contribution in [3.8, 4) is 5.82 Å². The highest BCUT2D eigenvalue weighted by atomic mass is 35.5. The molecule has 1 atom stereocenters. The number of ether oxygens (including phenoxy) is 1. The van der Waals surface area contributed by atoms with Gasteiger partial charge in [-0.1, -0.05) is 29.8 Å². The average Bonchev–Trinajstić information content (AvgIpc) is 3.48. The molecule has 5 N–H and O–H groups in total. The topological polar surface area (TPSA) is 174 Å². The number of halogens is 2. The molecule has 44 heavy (non-hydrogen) atoms. The summed E-state index contributed by atoms with van der Waals surface area (Å²) in [4.78, 5) is 25.9. The molecular formula is C28H33ClFN7O5S2. The first-order valence-corrected chi connectivity index (χ1v) is 15.1. The minimum absolute atomic E-state index is 0. The fourth-order valence-corrected chi connectivity index (χ4v) is 4.95. The fourth-order valence-electron chi connectivity index (χ4n) is 4.22. The van der Waals surface area contributed by atoms with E-state index in [2.05, 4.69) is 25.6 Å². The number of rotatable bonds is 8. The molecule has 1 aliphatic heterocycles. The first-order valence-electron chi connectivity index (χ1n) is 13.2. The van der Waals surface area contributed by atoms with Crippen LogP contribution in [-0.2, 0) is 14.9 Å². The van der Waals surface area contributed by atoms with Gasteiger partial charge in [-0.25, -0.2) is 14.4 Å². The first kappa shape index (κ1) is 34.9. The molecule has 1 aliphatic rings. The summed E-state index contributed by atoms with van der Waals surface area (Å²) in [6.45, 7) is 3.37. The SMILES string of the molecule is Cc1cnc(NC2CCOCC2)nc1-n1cnc(C(=O)N[C@H](CN)c2cc(F)cc(Cl)c2)c1.O=S(=O)(O)c1ccccc1.S. The van der Waals surface area contributed by atoms with E-state index in [0.717, 1.165) is 18.4 Å². The third kappa shape index (κ3) is 9.70. The van der Waals surface area contributed by atoms with E-state index in [1.807, 2.05) is 6.92 Å². The number of hydrogen-bond donors (Lipinski definition) is 4. The number of anilines is 1. The van der Waals surface area contributed by atoms with Crippen molar-refractivity contribution in [2.75, 3.05) is 25.1 Å². The van der Waals surface area contributed by atoms with Gasteiger partial charge in [0.25, 0.3) is 16.0 Å². The highest BCUT2D eigenvalue weighted by Gasteiger charge is 2.19. The molecule has 236 valence electrons. The monoisotopic (exact) mass is 665 g/mol. The summed E-state index contributed by atoms with van der Waals surface area (Å²) in [6, 6.07) is 11.1. The van der Waals surface area contributed by atoms with Crippen LogP contribution in [0.25, 0.3) is 5.82 Å². The Bertz CT molecular complexity index is 1640. The number of nitrogens with one attached hydrogen (secondary N) is 2. The number of carbonyl (C=O) groups excluding carboxylic acids is 1. The second kappa shape index (κ2) is 15.9. The van der Waals surface area contributed by atoms with Gasteiger partial charge in [0.1, 0.15) is 23.7 Å². The molecule has 2 aromatic carbocycles. The molecule has 0 aliphatic carbocycles. The van der Waals surface area contributed by atoms with Crippen LogP contribution in [0.3, 0.4) is 0 Å². The number of hydrogen-bond acceptors (Lipinski definition) is 9. The Morgan fingerprint density at radius 2 is 1.91 bits per heavy atom. The Kier molecular flexibility index (Phi) is 12.6. The summed E-state index contributed by atoms with van der Waals surface area (Å²) in [6.07, 6.45) is 6.59. The van der Waals surface area contributed by atoms with Gasteiger partial charge >= 0.3 is 0 Å². The highest BCUT2D eigenvalue weighted by Crippen LogP contribution is 2.21. The summed E-state index contributed by atoms with van der Waals surface area (Å²) in [5.74, 6) is 0.169. The molecule has 5 rings (SSSR count). The van der Waals surface area contributed by atoms with Gasteiger partial charge in [0.2, 0.25) is 5.95 Å². The fraction of sp³-hybridized carbons (Fsp3) is 0.286. The van der Waals surface area contributed by atoms with E-state index in [1.165, 1.54) is 30.6 Å². The molecule has 0 radical (unpaired) electrons. The molecule has 0 bridgehead atoms. The van der Waals surface area contributed by atoms with Crippen molar-refractivity contribution < 1.29 is 26.9 Å². The molecule has 12 nitrogen and oxygen atoms in total. The van der Waals surface area contributed by atoms with Crippen molar-refractivity contribution in [3.63, 3.8) is 0 Å². The molecule has 4 aromatic rings. The minimum Gasteiger partial charge on any atom is -0.381 e. The average molecular weight is 666 g/mol. The van der Waals surface area contributed by atoms with Crippen LogP contribution in [0, 0.1) is 12.7 Å². The molecule has 1 saturated heterocycles. The van der Waals surface area contributed by atoms with Crippen molar-refractivity contribution >= 4 is 47.1 Å². The van der Waals surface area contributed by atoms with Crippen LogP contribution in [0.4, 0.5) is 10.3 Å². The zero-order chi connectivity index (χ0) is 31.0. The molecule has 1 amide bonds. The zero-order valence-electron chi connectivity index (χ0n) is 23.7. The summed E-state index contributed by atoms with van der Waals surface area (Å²) >= 11 is 5.93. The van der Waals surface area contributed by atoms with Gasteiger partial charge in [0.05, 0.1) is 10.9 Å². The second-order valence-corrected chi connectivity index (χ2v) is 11.5. The van der Waals surface area contributed by atoms with Crippen molar-refractivity contribution in [2.45, 2.75) is 36.7 Å².